The Balaban J connectivity index is 2.84. The number of rotatable bonds is 6. The minimum atomic E-state index is -0.888. The van der Waals surface area contributed by atoms with Gasteiger partial charge in [-0.15, -0.1) is 0 Å². The van der Waals surface area contributed by atoms with E-state index in [4.69, 9.17) is 18.9 Å². The Bertz CT molecular complexity index is 901. The summed E-state index contributed by atoms with van der Waals surface area (Å²) in [6, 6.07) is 2.48. The van der Waals surface area contributed by atoms with Crippen LogP contribution < -0.4 is 14.4 Å². The summed E-state index contributed by atoms with van der Waals surface area (Å²) < 4.78 is 19.8. The van der Waals surface area contributed by atoms with Crippen molar-refractivity contribution in [1.82, 2.24) is 0 Å². The zero-order valence-electron chi connectivity index (χ0n) is 15.6. The van der Waals surface area contributed by atoms with Crippen LogP contribution in [0.25, 0.3) is 0 Å². The number of nitro benzene ring substituents is 1. The van der Waals surface area contributed by atoms with E-state index in [1.807, 2.05) is 0 Å². The van der Waals surface area contributed by atoms with E-state index >= 15 is 0 Å². The molecule has 0 amide bonds. The zero-order valence-corrected chi connectivity index (χ0v) is 15.6. The molecule has 28 heavy (non-hydrogen) atoms. The molecule has 0 radical (unpaired) electrons. The average molecular weight is 390 g/mol. The maximum absolute atomic E-state index is 12.5. The summed E-state index contributed by atoms with van der Waals surface area (Å²) in [7, 11) is 4.99. The summed E-state index contributed by atoms with van der Waals surface area (Å²) in [6.07, 6.45) is 5.72. The smallest absolute Gasteiger partial charge is 0.355 e. The van der Waals surface area contributed by atoms with Gasteiger partial charge in [0.15, 0.2) is 11.5 Å². The normalized spacial score (nSPS) is 13.1. The lowest BCUT2D eigenvalue weighted by molar-refractivity contribution is -0.384. The molecule has 2 rings (SSSR count). The van der Waals surface area contributed by atoms with Gasteiger partial charge in [-0.25, -0.2) is 9.59 Å². The fraction of sp³-hybridized carbons (Fsp3) is 0.222. The van der Waals surface area contributed by atoms with Crippen LogP contribution in [0.5, 0.6) is 11.5 Å². The van der Waals surface area contributed by atoms with Crippen LogP contribution in [-0.4, -0.2) is 45.3 Å². The van der Waals surface area contributed by atoms with Gasteiger partial charge < -0.3 is 23.8 Å². The predicted molar refractivity (Wildman–Crippen MR) is 98.0 cm³/mol. The standard InChI is InChI=1S/C18H18N2O8/c1-25-14-9-12(13(20(23)24)10-15(14)26-2)19-8-6-5-7-11(17(21)27-3)16(19)18(22)28-4/h5-10H,1-4H3. The van der Waals surface area contributed by atoms with Gasteiger partial charge in [0.05, 0.1) is 45.0 Å². The summed E-state index contributed by atoms with van der Waals surface area (Å²) in [4.78, 5) is 36.8. The number of ether oxygens (including phenoxy) is 4. The van der Waals surface area contributed by atoms with Crippen molar-refractivity contribution in [3.63, 3.8) is 0 Å². The van der Waals surface area contributed by atoms with Crippen molar-refractivity contribution >= 4 is 23.3 Å². The van der Waals surface area contributed by atoms with Gasteiger partial charge in [-0.2, -0.15) is 0 Å². The second-order valence-electron chi connectivity index (χ2n) is 5.27. The second-order valence-corrected chi connectivity index (χ2v) is 5.27. The molecule has 148 valence electrons. The largest absolute Gasteiger partial charge is 0.493 e. The summed E-state index contributed by atoms with van der Waals surface area (Å²) in [5, 5.41) is 11.7. The van der Waals surface area contributed by atoms with Gasteiger partial charge in [-0.1, -0.05) is 6.08 Å². The Kier molecular flexibility index (Phi) is 6.38. The third kappa shape index (κ3) is 3.80. The van der Waals surface area contributed by atoms with Crippen LogP contribution in [0.15, 0.2) is 47.8 Å². The van der Waals surface area contributed by atoms with Crippen LogP contribution in [0.1, 0.15) is 0 Å². The highest BCUT2D eigenvalue weighted by Crippen LogP contribution is 2.41. The molecule has 0 aromatic heterocycles. The Labute approximate surface area is 160 Å². The molecular formula is C18H18N2O8. The summed E-state index contributed by atoms with van der Waals surface area (Å²) in [5.74, 6) is -1.38. The van der Waals surface area contributed by atoms with E-state index in [0.717, 1.165) is 25.2 Å². The summed E-state index contributed by atoms with van der Waals surface area (Å²) in [5.41, 5.74) is -0.808. The fourth-order valence-electron chi connectivity index (χ4n) is 2.55. The number of benzene rings is 1. The summed E-state index contributed by atoms with van der Waals surface area (Å²) in [6.45, 7) is 0. The second kappa shape index (κ2) is 8.71. The fourth-order valence-corrected chi connectivity index (χ4v) is 2.55. The molecule has 10 heteroatoms. The number of carbonyl (C=O) groups excluding carboxylic acids is 2. The molecule has 1 aliphatic heterocycles. The van der Waals surface area contributed by atoms with Crippen molar-refractivity contribution in [2.45, 2.75) is 0 Å². The molecule has 10 nitrogen and oxygen atoms in total. The first kappa shape index (κ1) is 20.5. The third-order valence-corrected chi connectivity index (χ3v) is 3.83. The van der Waals surface area contributed by atoms with Crippen molar-refractivity contribution in [2.75, 3.05) is 33.3 Å². The van der Waals surface area contributed by atoms with Crippen LogP contribution in [0.3, 0.4) is 0 Å². The molecule has 0 spiro atoms. The number of allylic oxidation sites excluding steroid dienone is 2. The van der Waals surface area contributed by atoms with Crippen LogP contribution >= 0.6 is 0 Å². The van der Waals surface area contributed by atoms with Crippen molar-refractivity contribution < 1.29 is 33.5 Å². The minimum Gasteiger partial charge on any atom is -0.493 e. The van der Waals surface area contributed by atoms with E-state index in [1.54, 1.807) is 0 Å². The van der Waals surface area contributed by atoms with Crippen LogP contribution in [0.4, 0.5) is 11.4 Å². The molecule has 1 aromatic carbocycles. The van der Waals surface area contributed by atoms with Gasteiger partial charge in [0.1, 0.15) is 11.4 Å². The van der Waals surface area contributed by atoms with Crippen molar-refractivity contribution in [2.24, 2.45) is 0 Å². The number of anilines is 1. The zero-order chi connectivity index (χ0) is 20.8. The lowest BCUT2D eigenvalue weighted by Crippen LogP contribution is -2.27. The van der Waals surface area contributed by atoms with Gasteiger partial charge in [0, 0.05) is 12.3 Å². The van der Waals surface area contributed by atoms with E-state index < -0.39 is 16.9 Å². The Morgan fingerprint density at radius 3 is 2.11 bits per heavy atom. The van der Waals surface area contributed by atoms with Gasteiger partial charge >= 0.3 is 11.9 Å². The number of hydrogen-bond donors (Lipinski definition) is 0. The van der Waals surface area contributed by atoms with Gasteiger partial charge in [0.25, 0.3) is 5.69 Å². The molecule has 1 aromatic rings. The highest BCUT2D eigenvalue weighted by Gasteiger charge is 2.32. The van der Waals surface area contributed by atoms with E-state index in [9.17, 15) is 19.7 Å². The maximum Gasteiger partial charge on any atom is 0.355 e. The molecular weight excluding hydrogens is 372 g/mol. The number of nitro groups is 1. The van der Waals surface area contributed by atoms with E-state index in [2.05, 4.69) is 0 Å². The first-order valence-electron chi connectivity index (χ1n) is 7.85. The van der Waals surface area contributed by atoms with E-state index in [0.29, 0.717) is 0 Å². The van der Waals surface area contributed by atoms with Crippen LogP contribution in [0, 0.1) is 10.1 Å². The molecule has 1 aliphatic rings. The summed E-state index contributed by atoms with van der Waals surface area (Å²) >= 11 is 0. The van der Waals surface area contributed by atoms with Gasteiger partial charge in [0.2, 0.25) is 0 Å². The maximum atomic E-state index is 12.5. The Morgan fingerprint density at radius 1 is 0.964 bits per heavy atom. The molecule has 0 bridgehead atoms. The van der Waals surface area contributed by atoms with Crippen LogP contribution in [-0.2, 0) is 19.1 Å². The molecule has 0 fully saturated rings. The third-order valence-electron chi connectivity index (χ3n) is 3.83. The molecule has 0 aliphatic carbocycles. The first-order chi connectivity index (χ1) is 13.4. The average Bonchev–Trinajstić information content (AvgIpc) is 2.94. The topological polar surface area (TPSA) is 117 Å². The number of esters is 2. The molecule has 0 saturated carbocycles. The first-order valence-corrected chi connectivity index (χ1v) is 7.85. The highest BCUT2D eigenvalue weighted by atomic mass is 16.6. The quantitative estimate of drug-likeness (QED) is 0.409. The van der Waals surface area contributed by atoms with Gasteiger partial charge in [-0.3, -0.25) is 10.1 Å². The van der Waals surface area contributed by atoms with E-state index in [-0.39, 0.29) is 34.1 Å². The van der Waals surface area contributed by atoms with Crippen molar-refractivity contribution in [3.05, 3.63) is 57.9 Å². The molecule has 0 saturated heterocycles. The number of carbonyl (C=O) groups is 2. The van der Waals surface area contributed by atoms with Crippen molar-refractivity contribution in [3.8, 4) is 11.5 Å². The Hall–Kier alpha value is -3.82. The van der Waals surface area contributed by atoms with Crippen molar-refractivity contribution in [1.29, 1.82) is 0 Å². The van der Waals surface area contributed by atoms with Gasteiger partial charge in [-0.05, 0) is 12.2 Å². The highest BCUT2D eigenvalue weighted by molar-refractivity contribution is 6.06. The lowest BCUT2D eigenvalue weighted by atomic mass is 10.1. The van der Waals surface area contributed by atoms with Crippen LogP contribution in [0.2, 0.25) is 0 Å². The minimum absolute atomic E-state index is 0.0376. The monoisotopic (exact) mass is 390 g/mol. The number of methoxy groups -OCH3 is 4. The number of hydrogen-bond acceptors (Lipinski definition) is 9. The molecule has 0 N–H and O–H groups in total. The molecule has 0 unspecified atom stereocenters. The van der Waals surface area contributed by atoms with E-state index in [1.165, 1.54) is 44.7 Å². The number of nitrogens with zero attached hydrogens (tertiary/aromatic N) is 2. The molecule has 1 heterocycles. The Morgan fingerprint density at radius 2 is 1.57 bits per heavy atom. The predicted octanol–water partition coefficient (Wildman–Crippen LogP) is 2.10. The SMILES string of the molecule is COC(=O)C1=C(C(=O)OC)N(c2cc(OC)c(OC)cc2[N+](=O)[O-])C=CC=C1. The molecule has 0 atom stereocenters. The lowest BCUT2D eigenvalue weighted by Gasteiger charge is -2.23.